The predicted octanol–water partition coefficient (Wildman–Crippen LogP) is 4.41. The Morgan fingerprint density at radius 1 is 1.31 bits per heavy atom. The molecule has 1 aromatic carbocycles. The van der Waals surface area contributed by atoms with Crippen LogP contribution >= 0.6 is 11.3 Å². The van der Waals surface area contributed by atoms with Crippen molar-refractivity contribution in [3.05, 3.63) is 60.3 Å². The van der Waals surface area contributed by atoms with Crippen LogP contribution in [0.15, 0.2) is 54.8 Å². The zero-order valence-corrected chi connectivity index (χ0v) is 18.5. The first-order valence-electron chi connectivity index (χ1n) is 10.5. The second-order valence-corrected chi connectivity index (χ2v) is 8.44. The lowest BCUT2D eigenvalue weighted by atomic mass is 9.96. The molecule has 3 N–H and O–H groups in total. The summed E-state index contributed by atoms with van der Waals surface area (Å²) in [6, 6.07) is 9.33. The van der Waals surface area contributed by atoms with E-state index in [1.54, 1.807) is 12.3 Å². The number of benzene rings is 1. The standard InChI is InChI=1S/C24H24N4O3S/c1-2-25-23(31)28-24-27-20-13-17(16-7-5-6-15(9-11-29)21(30)14-16)12-18(22(20)32-24)19-8-3-4-10-26-19/h3-5,7-8,10,12-15,29H,2,6,9,11H2,1H3,(H2,25,27,28,31). The van der Waals surface area contributed by atoms with Crippen molar-refractivity contribution < 1.29 is 14.7 Å². The number of nitrogens with one attached hydrogen (secondary N) is 2. The van der Waals surface area contributed by atoms with E-state index in [2.05, 4.69) is 20.6 Å². The van der Waals surface area contributed by atoms with E-state index in [4.69, 9.17) is 0 Å². The van der Waals surface area contributed by atoms with Gasteiger partial charge in [-0.15, -0.1) is 0 Å². The number of thiazole rings is 1. The summed E-state index contributed by atoms with van der Waals surface area (Å²) in [7, 11) is 0. The van der Waals surface area contributed by atoms with Gasteiger partial charge in [-0.2, -0.15) is 0 Å². The maximum atomic E-state index is 12.7. The quantitative estimate of drug-likeness (QED) is 0.518. The first-order chi connectivity index (χ1) is 15.6. The average Bonchev–Trinajstić information content (AvgIpc) is 3.10. The molecule has 0 fully saturated rings. The lowest BCUT2D eigenvalue weighted by molar-refractivity contribution is -0.118. The Labute approximate surface area is 189 Å². The predicted molar refractivity (Wildman–Crippen MR) is 127 cm³/mol. The molecule has 2 amide bonds. The SMILES string of the molecule is CCNC(=O)Nc1nc2cc(C3=CC(=O)C(CCO)CC=C3)cc(-c3ccccn3)c2s1. The molecule has 2 heterocycles. The Morgan fingerprint density at radius 3 is 2.94 bits per heavy atom. The topological polar surface area (TPSA) is 104 Å². The summed E-state index contributed by atoms with van der Waals surface area (Å²) < 4.78 is 0.905. The van der Waals surface area contributed by atoms with E-state index in [9.17, 15) is 14.7 Å². The van der Waals surface area contributed by atoms with Crippen LogP contribution in [0.4, 0.5) is 9.93 Å². The molecule has 164 valence electrons. The number of ketones is 1. The summed E-state index contributed by atoms with van der Waals surface area (Å²) in [5.74, 6) is -0.199. The molecule has 0 saturated heterocycles. The van der Waals surface area contributed by atoms with Crippen molar-refractivity contribution in [2.45, 2.75) is 19.8 Å². The first kappa shape index (κ1) is 21.9. The van der Waals surface area contributed by atoms with Gasteiger partial charge in [0.05, 0.1) is 15.9 Å². The summed E-state index contributed by atoms with van der Waals surface area (Å²) in [6.45, 7) is 2.36. The molecule has 3 aromatic rings. The smallest absolute Gasteiger partial charge is 0.321 e. The second kappa shape index (κ2) is 9.84. The Bertz CT molecular complexity index is 1200. The van der Waals surface area contributed by atoms with Gasteiger partial charge in [0.15, 0.2) is 10.9 Å². The van der Waals surface area contributed by atoms with Gasteiger partial charge in [-0.1, -0.05) is 29.6 Å². The Kier molecular flexibility index (Phi) is 6.72. The number of fused-ring (bicyclic) bond motifs is 1. The lowest BCUT2D eigenvalue weighted by Crippen LogP contribution is -2.28. The number of amides is 2. The Hall–Kier alpha value is -3.36. The molecule has 8 heteroatoms. The minimum atomic E-state index is -0.305. The van der Waals surface area contributed by atoms with Crippen LogP contribution in [0.3, 0.4) is 0 Å². The van der Waals surface area contributed by atoms with Gasteiger partial charge in [0.1, 0.15) is 0 Å². The largest absolute Gasteiger partial charge is 0.396 e. The summed E-state index contributed by atoms with van der Waals surface area (Å²) in [4.78, 5) is 33.8. The number of hydrogen-bond acceptors (Lipinski definition) is 6. The third-order valence-corrected chi connectivity index (χ3v) is 6.24. The number of aromatic nitrogens is 2. The van der Waals surface area contributed by atoms with Crippen molar-refractivity contribution >= 4 is 44.1 Å². The molecule has 32 heavy (non-hydrogen) atoms. The zero-order chi connectivity index (χ0) is 22.5. The lowest BCUT2D eigenvalue weighted by Gasteiger charge is -2.09. The third kappa shape index (κ3) is 4.76. The molecule has 4 rings (SSSR count). The van der Waals surface area contributed by atoms with Gasteiger partial charge >= 0.3 is 6.03 Å². The van der Waals surface area contributed by atoms with Crippen LogP contribution in [0.1, 0.15) is 25.3 Å². The molecule has 0 aliphatic heterocycles. The van der Waals surface area contributed by atoms with Crippen molar-refractivity contribution in [3.8, 4) is 11.3 Å². The minimum Gasteiger partial charge on any atom is -0.396 e. The second-order valence-electron chi connectivity index (χ2n) is 7.44. The highest BCUT2D eigenvalue weighted by Gasteiger charge is 2.20. The molecule has 0 spiro atoms. The highest BCUT2D eigenvalue weighted by Crippen LogP contribution is 2.37. The van der Waals surface area contributed by atoms with E-state index in [0.29, 0.717) is 24.5 Å². The van der Waals surface area contributed by atoms with Crippen LogP contribution in [0.5, 0.6) is 0 Å². The summed E-state index contributed by atoms with van der Waals surface area (Å²) in [5.41, 5.74) is 4.04. The first-order valence-corrected chi connectivity index (χ1v) is 11.3. The van der Waals surface area contributed by atoms with E-state index < -0.39 is 0 Å². The maximum absolute atomic E-state index is 12.7. The maximum Gasteiger partial charge on any atom is 0.321 e. The van der Waals surface area contributed by atoms with Crippen LogP contribution in [0.25, 0.3) is 27.0 Å². The normalized spacial score (nSPS) is 16.0. The Balaban J connectivity index is 1.81. The molecule has 0 radical (unpaired) electrons. The summed E-state index contributed by atoms with van der Waals surface area (Å²) in [6.07, 6.45) is 8.35. The van der Waals surface area contributed by atoms with Crippen LogP contribution < -0.4 is 10.6 Å². The van der Waals surface area contributed by atoms with Crippen LogP contribution in [-0.2, 0) is 4.79 Å². The zero-order valence-electron chi connectivity index (χ0n) is 17.7. The van der Waals surface area contributed by atoms with Gasteiger partial charge in [-0.05, 0) is 61.2 Å². The van der Waals surface area contributed by atoms with Crippen molar-refractivity contribution in [1.82, 2.24) is 15.3 Å². The fourth-order valence-electron chi connectivity index (χ4n) is 3.66. The van der Waals surface area contributed by atoms with E-state index in [1.165, 1.54) is 11.3 Å². The van der Waals surface area contributed by atoms with Crippen LogP contribution in [0.2, 0.25) is 0 Å². The molecule has 1 atom stereocenters. The van der Waals surface area contributed by atoms with E-state index >= 15 is 0 Å². The van der Waals surface area contributed by atoms with Gasteiger partial charge < -0.3 is 10.4 Å². The number of hydrogen-bond donors (Lipinski definition) is 3. The number of pyridine rings is 1. The van der Waals surface area contributed by atoms with Gasteiger partial charge in [-0.25, -0.2) is 9.78 Å². The minimum absolute atomic E-state index is 0.00963. The number of allylic oxidation sites excluding steroid dienone is 4. The van der Waals surface area contributed by atoms with Gasteiger partial charge in [-0.3, -0.25) is 15.1 Å². The fraction of sp³-hybridized carbons (Fsp3) is 0.250. The monoisotopic (exact) mass is 448 g/mol. The summed E-state index contributed by atoms with van der Waals surface area (Å²) in [5, 5.41) is 15.2. The fourth-order valence-corrected chi connectivity index (χ4v) is 4.62. The van der Waals surface area contributed by atoms with Crippen molar-refractivity contribution in [1.29, 1.82) is 0 Å². The highest BCUT2D eigenvalue weighted by molar-refractivity contribution is 7.22. The van der Waals surface area contributed by atoms with Crippen LogP contribution in [0, 0.1) is 5.92 Å². The molecule has 0 bridgehead atoms. The number of carbonyl (C=O) groups is 2. The molecule has 2 aromatic heterocycles. The Morgan fingerprint density at radius 2 is 2.19 bits per heavy atom. The number of rotatable bonds is 6. The van der Waals surface area contributed by atoms with Gasteiger partial charge in [0.25, 0.3) is 0 Å². The number of carbonyl (C=O) groups excluding carboxylic acids is 2. The average molecular weight is 449 g/mol. The summed E-state index contributed by atoms with van der Waals surface area (Å²) >= 11 is 1.38. The molecule has 0 saturated carbocycles. The highest BCUT2D eigenvalue weighted by atomic mass is 32.1. The molecule has 1 aliphatic carbocycles. The number of aliphatic hydroxyl groups excluding tert-OH is 1. The number of urea groups is 1. The molecule has 1 unspecified atom stereocenters. The van der Waals surface area contributed by atoms with Crippen LogP contribution in [-0.4, -0.2) is 40.0 Å². The molecule has 1 aliphatic rings. The van der Waals surface area contributed by atoms with Crippen molar-refractivity contribution in [2.24, 2.45) is 5.92 Å². The van der Waals surface area contributed by atoms with E-state index in [1.807, 2.05) is 49.4 Å². The molecule has 7 nitrogen and oxygen atoms in total. The van der Waals surface area contributed by atoms with Crippen molar-refractivity contribution in [2.75, 3.05) is 18.5 Å². The van der Waals surface area contributed by atoms with E-state index in [0.717, 1.165) is 32.6 Å². The van der Waals surface area contributed by atoms with E-state index in [-0.39, 0.29) is 24.3 Å². The number of anilines is 1. The number of aliphatic hydroxyl groups is 1. The van der Waals surface area contributed by atoms with Crippen molar-refractivity contribution in [3.63, 3.8) is 0 Å². The van der Waals surface area contributed by atoms with Gasteiger partial charge in [0.2, 0.25) is 0 Å². The molecular formula is C24H24N4O3S. The molecular weight excluding hydrogens is 424 g/mol. The third-order valence-electron chi connectivity index (χ3n) is 5.22. The van der Waals surface area contributed by atoms with Gasteiger partial charge in [0, 0.05) is 30.8 Å². The number of nitrogens with zero attached hydrogens (tertiary/aromatic N) is 2.